The minimum Gasteiger partial charge on any atom is -0.494 e. The summed E-state index contributed by atoms with van der Waals surface area (Å²) in [6.45, 7) is 6.64. The Morgan fingerprint density at radius 1 is 1.22 bits per heavy atom. The summed E-state index contributed by atoms with van der Waals surface area (Å²) in [6, 6.07) is 9.06. The normalized spacial score (nSPS) is 11.6. The zero-order valence-electron chi connectivity index (χ0n) is 13.7. The van der Waals surface area contributed by atoms with Gasteiger partial charge in [-0.15, -0.1) is 0 Å². The number of amides is 1. The van der Waals surface area contributed by atoms with Gasteiger partial charge in [-0.2, -0.15) is 0 Å². The fraction of sp³-hybridized carbons (Fsp3) is 0.353. The van der Waals surface area contributed by atoms with Crippen LogP contribution in [-0.4, -0.2) is 28.5 Å². The van der Waals surface area contributed by atoms with E-state index in [2.05, 4.69) is 27.5 Å². The number of ether oxygens (including phenoxy) is 1. The molecule has 6 heteroatoms. The molecule has 2 rings (SSSR count). The topological polar surface area (TPSA) is 76.1 Å². The number of carbonyl (C=O) groups excluding carboxylic acids is 1. The van der Waals surface area contributed by atoms with E-state index in [-0.39, 0.29) is 11.9 Å². The molecule has 0 spiro atoms. The van der Waals surface area contributed by atoms with E-state index >= 15 is 0 Å². The van der Waals surface area contributed by atoms with Crippen molar-refractivity contribution in [2.24, 2.45) is 0 Å². The van der Waals surface area contributed by atoms with E-state index in [0.717, 1.165) is 12.2 Å². The first-order chi connectivity index (χ1) is 11.1. The summed E-state index contributed by atoms with van der Waals surface area (Å²) in [5.74, 6) is 0.954. The minimum atomic E-state index is -0.274. The molecule has 0 bridgehead atoms. The van der Waals surface area contributed by atoms with Crippen LogP contribution in [0, 0.1) is 0 Å². The molecule has 0 radical (unpaired) electrons. The van der Waals surface area contributed by atoms with E-state index in [1.165, 1.54) is 0 Å². The SMILES string of the molecule is CCOc1ccc(NC(=O)c2ccnc(NC(C)CC)n2)cc1. The lowest BCUT2D eigenvalue weighted by atomic mass is 10.2. The zero-order valence-corrected chi connectivity index (χ0v) is 13.7. The number of carbonyl (C=O) groups is 1. The van der Waals surface area contributed by atoms with Crippen molar-refractivity contribution >= 4 is 17.5 Å². The van der Waals surface area contributed by atoms with Gasteiger partial charge in [-0.25, -0.2) is 9.97 Å². The van der Waals surface area contributed by atoms with Crippen LogP contribution < -0.4 is 15.4 Å². The van der Waals surface area contributed by atoms with Gasteiger partial charge >= 0.3 is 0 Å². The fourth-order valence-corrected chi connectivity index (χ4v) is 1.87. The van der Waals surface area contributed by atoms with Gasteiger partial charge in [-0.05, 0) is 50.6 Å². The molecule has 0 aliphatic rings. The maximum absolute atomic E-state index is 12.3. The molecule has 1 aromatic heterocycles. The largest absolute Gasteiger partial charge is 0.494 e. The summed E-state index contributed by atoms with van der Waals surface area (Å²) >= 11 is 0. The molecule has 2 aromatic rings. The number of aromatic nitrogens is 2. The highest BCUT2D eigenvalue weighted by molar-refractivity contribution is 6.02. The second-order valence-corrected chi connectivity index (χ2v) is 5.13. The van der Waals surface area contributed by atoms with E-state index in [4.69, 9.17) is 4.74 Å². The Balaban J connectivity index is 2.03. The molecule has 0 fully saturated rings. The molecule has 1 heterocycles. The molecule has 2 N–H and O–H groups in total. The zero-order chi connectivity index (χ0) is 16.7. The molecule has 122 valence electrons. The van der Waals surface area contributed by atoms with E-state index in [0.29, 0.717) is 23.9 Å². The molecular formula is C17H22N4O2. The highest BCUT2D eigenvalue weighted by Crippen LogP contribution is 2.16. The van der Waals surface area contributed by atoms with Crippen molar-refractivity contribution in [2.75, 3.05) is 17.2 Å². The first-order valence-electron chi connectivity index (χ1n) is 7.76. The molecular weight excluding hydrogens is 292 g/mol. The van der Waals surface area contributed by atoms with Crippen LogP contribution in [0.2, 0.25) is 0 Å². The molecule has 1 amide bonds. The van der Waals surface area contributed by atoms with Gasteiger partial charge in [0.15, 0.2) is 0 Å². The van der Waals surface area contributed by atoms with Crippen molar-refractivity contribution in [2.45, 2.75) is 33.2 Å². The quantitative estimate of drug-likeness (QED) is 0.819. The average molecular weight is 314 g/mol. The van der Waals surface area contributed by atoms with Gasteiger partial charge in [-0.3, -0.25) is 4.79 Å². The molecule has 0 saturated carbocycles. The summed E-state index contributed by atoms with van der Waals surface area (Å²) in [5, 5.41) is 5.96. The molecule has 1 aromatic carbocycles. The molecule has 23 heavy (non-hydrogen) atoms. The van der Waals surface area contributed by atoms with Crippen LogP contribution in [0.5, 0.6) is 5.75 Å². The molecule has 6 nitrogen and oxygen atoms in total. The predicted octanol–water partition coefficient (Wildman–Crippen LogP) is 3.34. The average Bonchev–Trinajstić information content (AvgIpc) is 2.57. The van der Waals surface area contributed by atoms with Crippen molar-refractivity contribution in [3.63, 3.8) is 0 Å². The summed E-state index contributed by atoms with van der Waals surface area (Å²) < 4.78 is 5.37. The van der Waals surface area contributed by atoms with Gasteiger partial charge < -0.3 is 15.4 Å². The van der Waals surface area contributed by atoms with Gasteiger partial charge in [0.25, 0.3) is 5.91 Å². The van der Waals surface area contributed by atoms with Crippen molar-refractivity contribution in [1.29, 1.82) is 0 Å². The number of nitrogens with zero attached hydrogens (tertiary/aromatic N) is 2. The lowest BCUT2D eigenvalue weighted by molar-refractivity contribution is 0.102. The fourth-order valence-electron chi connectivity index (χ4n) is 1.87. The Morgan fingerprint density at radius 2 is 1.96 bits per heavy atom. The summed E-state index contributed by atoms with van der Waals surface area (Å²) in [7, 11) is 0. The number of nitrogens with one attached hydrogen (secondary N) is 2. The third-order valence-corrected chi connectivity index (χ3v) is 3.30. The first-order valence-corrected chi connectivity index (χ1v) is 7.76. The Bertz CT molecular complexity index is 643. The van der Waals surface area contributed by atoms with E-state index in [1.54, 1.807) is 24.4 Å². The van der Waals surface area contributed by atoms with Crippen LogP contribution in [0.4, 0.5) is 11.6 Å². The lowest BCUT2D eigenvalue weighted by Crippen LogP contribution is -2.19. The minimum absolute atomic E-state index is 0.249. The highest BCUT2D eigenvalue weighted by atomic mass is 16.5. The monoisotopic (exact) mass is 314 g/mol. The third kappa shape index (κ3) is 4.95. The predicted molar refractivity (Wildman–Crippen MR) is 91.0 cm³/mol. The summed E-state index contributed by atoms with van der Waals surface area (Å²) in [4.78, 5) is 20.6. The highest BCUT2D eigenvalue weighted by Gasteiger charge is 2.10. The van der Waals surface area contributed by atoms with Crippen LogP contribution in [-0.2, 0) is 0 Å². The molecule has 0 saturated heterocycles. The number of anilines is 2. The van der Waals surface area contributed by atoms with Gasteiger partial charge in [0.2, 0.25) is 5.95 Å². The Kier molecular flexibility index (Phi) is 5.91. The van der Waals surface area contributed by atoms with Crippen LogP contribution in [0.1, 0.15) is 37.7 Å². The number of hydrogen-bond acceptors (Lipinski definition) is 5. The number of hydrogen-bond donors (Lipinski definition) is 2. The van der Waals surface area contributed by atoms with Gasteiger partial charge in [-0.1, -0.05) is 6.92 Å². The van der Waals surface area contributed by atoms with Crippen LogP contribution in [0.15, 0.2) is 36.5 Å². The van der Waals surface area contributed by atoms with Crippen molar-refractivity contribution < 1.29 is 9.53 Å². The Labute approximate surface area is 136 Å². The van der Waals surface area contributed by atoms with Gasteiger partial charge in [0.05, 0.1) is 6.61 Å². The Morgan fingerprint density at radius 3 is 2.61 bits per heavy atom. The molecule has 0 aliphatic heterocycles. The van der Waals surface area contributed by atoms with Crippen LogP contribution in [0.25, 0.3) is 0 Å². The van der Waals surface area contributed by atoms with Crippen molar-refractivity contribution in [3.05, 3.63) is 42.2 Å². The second kappa shape index (κ2) is 8.12. The molecule has 1 atom stereocenters. The summed E-state index contributed by atoms with van der Waals surface area (Å²) in [6.07, 6.45) is 2.52. The maximum atomic E-state index is 12.3. The molecule has 1 unspecified atom stereocenters. The Hall–Kier alpha value is -2.63. The standard InChI is InChI=1S/C17H22N4O2/c1-4-12(3)19-17-18-11-10-15(21-17)16(22)20-13-6-8-14(9-7-13)23-5-2/h6-12H,4-5H2,1-3H3,(H,20,22)(H,18,19,21). The van der Waals surface area contributed by atoms with E-state index in [1.807, 2.05) is 26.0 Å². The van der Waals surface area contributed by atoms with E-state index < -0.39 is 0 Å². The number of rotatable bonds is 7. The lowest BCUT2D eigenvalue weighted by Gasteiger charge is -2.11. The van der Waals surface area contributed by atoms with Crippen molar-refractivity contribution in [3.8, 4) is 5.75 Å². The van der Waals surface area contributed by atoms with Gasteiger partial charge in [0.1, 0.15) is 11.4 Å². The van der Waals surface area contributed by atoms with Crippen LogP contribution in [0.3, 0.4) is 0 Å². The third-order valence-electron chi connectivity index (χ3n) is 3.30. The smallest absolute Gasteiger partial charge is 0.274 e. The summed E-state index contributed by atoms with van der Waals surface area (Å²) in [5.41, 5.74) is 1.01. The van der Waals surface area contributed by atoms with E-state index in [9.17, 15) is 4.79 Å². The number of benzene rings is 1. The molecule has 0 aliphatic carbocycles. The van der Waals surface area contributed by atoms with Crippen LogP contribution >= 0.6 is 0 Å². The maximum Gasteiger partial charge on any atom is 0.274 e. The van der Waals surface area contributed by atoms with Gasteiger partial charge in [0, 0.05) is 17.9 Å². The second-order valence-electron chi connectivity index (χ2n) is 5.13. The van der Waals surface area contributed by atoms with Crippen molar-refractivity contribution in [1.82, 2.24) is 9.97 Å². The first kappa shape index (κ1) is 16.7.